The number of nitrogens with one attached hydrogen (secondary N) is 1. The molecule has 1 unspecified atom stereocenters. The first-order valence-corrected chi connectivity index (χ1v) is 9.31. The Morgan fingerprint density at radius 3 is 2.96 bits per heavy atom. The zero-order chi connectivity index (χ0) is 18.1. The van der Waals surface area contributed by atoms with Crippen molar-refractivity contribution >= 4 is 33.3 Å². The molecule has 2 heterocycles. The first-order chi connectivity index (χ1) is 12.6. The largest absolute Gasteiger partial charge is 0.391 e. The minimum atomic E-state index is -0.494. The minimum absolute atomic E-state index is 0.294. The molecule has 1 aliphatic rings. The third-order valence-corrected chi connectivity index (χ3v) is 5.50. The molecule has 2 amide bonds. The van der Waals surface area contributed by atoms with Gasteiger partial charge in [0.25, 0.3) is 0 Å². The number of amides is 2. The average molecular weight is 371 g/mol. The van der Waals surface area contributed by atoms with Crippen LogP contribution in [0.2, 0.25) is 0 Å². The van der Waals surface area contributed by atoms with E-state index in [2.05, 4.69) is 10.3 Å². The standard InChI is InChI=1S/C19H18FN3O2S/c20-12-7-8-15(22-19(25)23-9-3-4-13(24)11-23)14(10-12)18-21-16-5-1-2-6-17(16)26-18/h1-2,5-8,10,13,24H,3-4,9,11H2,(H,22,25). The number of aromatic nitrogens is 1. The van der Waals surface area contributed by atoms with Crippen LogP contribution >= 0.6 is 11.3 Å². The Hall–Kier alpha value is -2.51. The number of benzene rings is 2. The van der Waals surface area contributed by atoms with Gasteiger partial charge in [0.2, 0.25) is 0 Å². The van der Waals surface area contributed by atoms with E-state index in [1.54, 1.807) is 11.0 Å². The number of urea groups is 1. The van der Waals surface area contributed by atoms with Gasteiger partial charge in [0.15, 0.2) is 0 Å². The van der Waals surface area contributed by atoms with Crippen molar-refractivity contribution in [2.45, 2.75) is 18.9 Å². The van der Waals surface area contributed by atoms with Gasteiger partial charge in [-0.25, -0.2) is 14.2 Å². The number of nitrogens with zero attached hydrogens (tertiary/aromatic N) is 2. The number of hydrogen-bond acceptors (Lipinski definition) is 4. The van der Waals surface area contributed by atoms with E-state index in [4.69, 9.17) is 0 Å². The number of carbonyl (C=O) groups excluding carboxylic acids is 1. The number of halogens is 1. The van der Waals surface area contributed by atoms with Crippen LogP contribution in [0.25, 0.3) is 20.8 Å². The van der Waals surface area contributed by atoms with Crippen molar-refractivity contribution in [2.75, 3.05) is 18.4 Å². The molecule has 0 saturated carbocycles. The number of β-amino-alcohol motifs (C(OH)–C–C–N with tert-alkyl or cyclic N) is 1. The number of aliphatic hydroxyl groups excluding tert-OH is 1. The Bertz CT molecular complexity index is 926. The van der Waals surface area contributed by atoms with E-state index in [9.17, 15) is 14.3 Å². The first-order valence-electron chi connectivity index (χ1n) is 8.49. The number of hydrogen-bond donors (Lipinski definition) is 2. The summed E-state index contributed by atoms with van der Waals surface area (Å²) < 4.78 is 14.9. The van der Waals surface area contributed by atoms with Crippen LogP contribution in [0.1, 0.15) is 12.8 Å². The topological polar surface area (TPSA) is 65.5 Å². The monoisotopic (exact) mass is 371 g/mol. The molecular formula is C19H18FN3O2S. The zero-order valence-corrected chi connectivity index (χ0v) is 14.8. The van der Waals surface area contributed by atoms with Crippen molar-refractivity contribution in [1.82, 2.24) is 9.88 Å². The van der Waals surface area contributed by atoms with Gasteiger partial charge in [0.1, 0.15) is 10.8 Å². The number of fused-ring (bicyclic) bond motifs is 1. The maximum atomic E-state index is 13.9. The lowest BCUT2D eigenvalue weighted by Crippen LogP contribution is -2.44. The van der Waals surface area contributed by atoms with Gasteiger partial charge in [0.05, 0.1) is 22.0 Å². The van der Waals surface area contributed by atoms with E-state index >= 15 is 0 Å². The summed E-state index contributed by atoms with van der Waals surface area (Å²) in [7, 11) is 0. The fourth-order valence-corrected chi connectivity index (χ4v) is 4.12. The molecule has 1 atom stereocenters. The molecule has 0 aliphatic carbocycles. The van der Waals surface area contributed by atoms with E-state index in [0.717, 1.165) is 16.6 Å². The number of thiazole rings is 1. The lowest BCUT2D eigenvalue weighted by atomic mass is 10.1. The summed E-state index contributed by atoms with van der Waals surface area (Å²) in [6, 6.07) is 11.7. The highest BCUT2D eigenvalue weighted by Gasteiger charge is 2.23. The summed E-state index contributed by atoms with van der Waals surface area (Å²) in [5.74, 6) is -0.384. The normalized spacial score (nSPS) is 17.5. The molecule has 1 aromatic heterocycles. The van der Waals surface area contributed by atoms with Crippen molar-refractivity contribution in [3.8, 4) is 10.6 Å². The van der Waals surface area contributed by atoms with Crippen LogP contribution in [0.15, 0.2) is 42.5 Å². The number of rotatable bonds is 2. The van der Waals surface area contributed by atoms with Crippen LogP contribution in [-0.2, 0) is 0 Å². The molecule has 1 aliphatic heterocycles. The Kier molecular flexibility index (Phi) is 4.57. The molecule has 2 aromatic carbocycles. The first kappa shape index (κ1) is 16.9. The number of likely N-dealkylation sites (tertiary alicyclic amines) is 1. The molecule has 134 valence electrons. The van der Waals surface area contributed by atoms with Gasteiger partial charge in [0, 0.05) is 18.7 Å². The van der Waals surface area contributed by atoms with Crippen LogP contribution < -0.4 is 5.32 Å². The Morgan fingerprint density at radius 2 is 2.15 bits per heavy atom. The second-order valence-electron chi connectivity index (χ2n) is 6.35. The number of para-hydroxylation sites is 1. The highest BCUT2D eigenvalue weighted by Crippen LogP contribution is 2.35. The number of anilines is 1. The maximum absolute atomic E-state index is 13.9. The summed E-state index contributed by atoms with van der Waals surface area (Å²) >= 11 is 1.45. The summed E-state index contributed by atoms with van der Waals surface area (Å²) in [5, 5.41) is 13.3. The molecule has 7 heteroatoms. The fraction of sp³-hybridized carbons (Fsp3) is 0.263. The molecule has 3 aromatic rings. The predicted octanol–water partition coefficient (Wildman–Crippen LogP) is 4.09. The Morgan fingerprint density at radius 1 is 1.31 bits per heavy atom. The minimum Gasteiger partial charge on any atom is -0.391 e. The van der Waals surface area contributed by atoms with Crippen molar-refractivity contribution < 1.29 is 14.3 Å². The fourth-order valence-electron chi connectivity index (χ4n) is 3.12. The summed E-state index contributed by atoms with van der Waals surface area (Å²) in [6.45, 7) is 0.907. The van der Waals surface area contributed by atoms with Gasteiger partial charge in [-0.05, 0) is 43.2 Å². The highest BCUT2D eigenvalue weighted by atomic mass is 32.1. The molecule has 1 saturated heterocycles. The Balaban J connectivity index is 1.65. The predicted molar refractivity (Wildman–Crippen MR) is 101 cm³/mol. The highest BCUT2D eigenvalue weighted by molar-refractivity contribution is 7.21. The molecule has 1 fully saturated rings. The SMILES string of the molecule is O=C(Nc1ccc(F)cc1-c1nc2ccccc2s1)N1CCCC(O)C1. The molecule has 0 radical (unpaired) electrons. The zero-order valence-electron chi connectivity index (χ0n) is 14.0. The van der Waals surface area contributed by atoms with Crippen LogP contribution in [0.3, 0.4) is 0 Å². The number of aliphatic hydroxyl groups is 1. The van der Waals surface area contributed by atoms with E-state index in [-0.39, 0.29) is 11.8 Å². The van der Waals surface area contributed by atoms with Gasteiger partial charge < -0.3 is 15.3 Å². The second-order valence-corrected chi connectivity index (χ2v) is 7.38. The third kappa shape index (κ3) is 3.40. The molecular weight excluding hydrogens is 353 g/mol. The molecule has 4 rings (SSSR count). The molecule has 5 nitrogen and oxygen atoms in total. The van der Waals surface area contributed by atoms with Gasteiger partial charge in [-0.3, -0.25) is 0 Å². The second kappa shape index (κ2) is 7.01. The van der Waals surface area contributed by atoms with E-state index in [1.165, 1.54) is 23.5 Å². The van der Waals surface area contributed by atoms with Crippen molar-refractivity contribution in [3.05, 3.63) is 48.3 Å². The lowest BCUT2D eigenvalue weighted by Gasteiger charge is -2.30. The van der Waals surface area contributed by atoms with Crippen LogP contribution in [0.4, 0.5) is 14.9 Å². The van der Waals surface area contributed by atoms with Crippen molar-refractivity contribution in [3.63, 3.8) is 0 Å². The summed E-state index contributed by atoms with van der Waals surface area (Å²) in [5.41, 5.74) is 1.90. The molecule has 0 bridgehead atoms. The van der Waals surface area contributed by atoms with Crippen molar-refractivity contribution in [2.24, 2.45) is 0 Å². The summed E-state index contributed by atoms with van der Waals surface area (Å²) in [4.78, 5) is 18.7. The third-order valence-electron chi connectivity index (χ3n) is 4.43. The van der Waals surface area contributed by atoms with E-state index in [1.807, 2.05) is 24.3 Å². The Labute approximate surface area is 154 Å². The van der Waals surface area contributed by atoms with Gasteiger partial charge in [-0.2, -0.15) is 0 Å². The molecule has 2 N–H and O–H groups in total. The van der Waals surface area contributed by atoms with Crippen LogP contribution in [-0.4, -0.2) is 40.2 Å². The lowest BCUT2D eigenvalue weighted by molar-refractivity contribution is 0.0883. The van der Waals surface area contributed by atoms with Crippen molar-refractivity contribution in [1.29, 1.82) is 0 Å². The van der Waals surface area contributed by atoms with Gasteiger partial charge in [-0.1, -0.05) is 12.1 Å². The maximum Gasteiger partial charge on any atom is 0.321 e. The van der Waals surface area contributed by atoms with Gasteiger partial charge in [-0.15, -0.1) is 11.3 Å². The molecule has 26 heavy (non-hydrogen) atoms. The molecule has 0 spiro atoms. The average Bonchev–Trinajstić information content (AvgIpc) is 3.07. The quantitative estimate of drug-likeness (QED) is 0.713. The smallest absolute Gasteiger partial charge is 0.321 e. The number of carbonyl (C=O) groups is 1. The van der Waals surface area contributed by atoms with E-state index < -0.39 is 6.10 Å². The summed E-state index contributed by atoms with van der Waals surface area (Å²) in [6.07, 6.45) is 0.978. The van der Waals surface area contributed by atoms with Crippen LogP contribution in [0.5, 0.6) is 0 Å². The van der Waals surface area contributed by atoms with E-state index in [0.29, 0.717) is 35.8 Å². The number of piperidine rings is 1. The van der Waals surface area contributed by atoms with Gasteiger partial charge >= 0.3 is 6.03 Å². The van der Waals surface area contributed by atoms with Crippen LogP contribution in [0, 0.1) is 5.82 Å².